The van der Waals surface area contributed by atoms with E-state index in [1.165, 1.54) is 0 Å². The lowest BCUT2D eigenvalue weighted by Crippen LogP contribution is -2.20. The minimum Gasteiger partial charge on any atom is -0.396 e. The van der Waals surface area contributed by atoms with Crippen molar-refractivity contribution in [1.29, 1.82) is 0 Å². The van der Waals surface area contributed by atoms with Crippen molar-refractivity contribution in [2.75, 3.05) is 11.9 Å². The summed E-state index contributed by atoms with van der Waals surface area (Å²) in [7, 11) is 0. The van der Waals surface area contributed by atoms with Crippen molar-refractivity contribution in [2.24, 2.45) is 5.73 Å². The summed E-state index contributed by atoms with van der Waals surface area (Å²) in [6.45, 7) is 6.87. The molecule has 2 aromatic heterocycles. The molecule has 9 nitrogen and oxygen atoms in total. The number of aromatic nitrogens is 4. The Kier molecular flexibility index (Phi) is 5.97. The van der Waals surface area contributed by atoms with Gasteiger partial charge in [-0.05, 0) is 50.5 Å². The number of aryl methyl sites for hydroxylation is 4. The largest absolute Gasteiger partial charge is 0.396 e. The number of aliphatic hydroxyl groups excluding tert-OH is 1. The molecule has 0 fully saturated rings. The van der Waals surface area contributed by atoms with Crippen molar-refractivity contribution in [3.05, 3.63) is 40.7 Å². The molecule has 0 aliphatic heterocycles. The van der Waals surface area contributed by atoms with E-state index in [1.54, 1.807) is 22.9 Å². The van der Waals surface area contributed by atoms with Crippen LogP contribution >= 0.6 is 0 Å². The fraction of sp³-hybridized carbons (Fsp3) is 0.400. The van der Waals surface area contributed by atoms with Crippen LogP contribution in [0.2, 0.25) is 0 Å². The molecule has 0 unspecified atom stereocenters. The van der Waals surface area contributed by atoms with Crippen LogP contribution < -0.4 is 11.1 Å². The average molecular weight is 398 g/mol. The molecule has 9 heteroatoms. The van der Waals surface area contributed by atoms with Gasteiger partial charge in [0.15, 0.2) is 0 Å². The second kappa shape index (κ2) is 8.44. The molecule has 2 heterocycles. The van der Waals surface area contributed by atoms with Crippen LogP contribution in [0.4, 0.5) is 5.95 Å². The summed E-state index contributed by atoms with van der Waals surface area (Å²) in [5.41, 5.74) is 9.25. The lowest BCUT2D eigenvalue weighted by Gasteiger charge is -2.11. The highest BCUT2D eigenvalue weighted by Gasteiger charge is 2.20. The molecular weight excluding hydrogens is 372 g/mol. The first-order valence-electron chi connectivity index (χ1n) is 9.63. The zero-order valence-electron chi connectivity index (χ0n) is 16.9. The molecule has 1 aromatic carbocycles. The van der Waals surface area contributed by atoms with E-state index in [9.17, 15) is 9.59 Å². The van der Waals surface area contributed by atoms with E-state index >= 15 is 0 Å². The molecule has 0 saturated heterocycles. The summed E-state index contributed by atoms with van der Waals surface area (Å²) in [5, 5.41) is 16.3. The summed E-state index contributed by atoms with van der Waals surface area (Å²) >= 11 is 0. The second-order valence-electron chi connectivity index (χ2n) is 7.04. The van der Waals surface area contributed by atoms with Gasteiger partial charge in [-0.3, -0.25) is 19.6 Å². The van der Waals surface area contributed by atoms with Crippen molar-refractivity contribution < 1.29 is 14.7 Å². The highest BCUT2D eigenvalue weighted by atomic mass is 16.3. The van der Waals surface area contributed by atoms with E-state index in [1.807, 2.05) is 25.3 Å². The minimum absolute atomic E-state index is 0.0216. The number of primary amides is 1. The van der Waals surface area contributed by atoms with E-state index in [2.05, 4.69) is 15.4 Å². The number of imidazole rings is 1. The quantitative estimate of drug-likeness (QED) is 0.535. The lowest BCUT2D eigenvalue weighted by atomic mass is 10.1. The molecule has 3 aromatic rings. The number of carbonyl (C=O) groups is 2. The zero-order valence-corrected chi connectivity index (χ0v) is 16.9. The van der Waals surface area contributed by atoms with Gasteiger partial charge in [0.25, 0.3) is 5.91 Å². The molecule has 0 spiro atoms. The van der Waals surface area contributed by atoms with Crippen molar-refractivity contribution >= 4 is 28.8 Å². The number of aliphatic hydroxyl groups is 1. The van der Waals surface area contributed by atoms with Crippen LogP contribution in [0.15, 0.2) is 18.2 Å². The Bertz CT molecular complexity index is 1070. The van der Waals surface area contributed by atoms with Crippen molar-refractivity contribution in [1.82, 2.24) is 19.3 Å². The van der Waals surface area contributed by atoms with Gasteiger partial charge in [-0.2, -0.15) is 5.10 Å². The minimum atomic E-state index is -0.520. The maximum absolute atomic E-state index is 12.9. The van der Waals surface area contributed by atoms with Gasteiger partial charge in [0.05, 0.1) is 16.7 Å². The molecule has 154 valence electrons. The number of hydrogen-bond donors (Lipinski definition) is 3. The molecular formula is C20H26N6O3. The van der Waals surface area contributed by atoms with Crippen LogP contribution in [0.1, 0.15) is 51.9 Å². The average Bonchev–Trinajstić information content (AvgIpc) is 3.20. The Hall–Kier alpha value is -3.20. The summed E-state index contributed by atoms with van der Waals surface area (Å²) < 4.78 is 3.53. The van der Waals surface area contributed by atoms with Crippen LogP contribution in [0.25, 0.3) is 11.0 Å². The first-order valence-corrected chi connectivity index (χ1v) is 9.63. The normalized spacial score (nSPS) is 11.2. The number of nitrogens with zero attached hydrogens (tertiary/aromatic N) is 4. The van der Waals surface area contributed by atoms with Crippen LogP contribution in [-0.2, 0) is 13.1 Å². The summed E-state index contributed by atoms with van der Waals surface area (Å²) in [4.78, 5) is 29.1. The summed E-state index contributed by atoms with van der Waals surface area (Å²) in [6, 6.07) is 5.08. The third kappa shape index (κ3) is 4.14. The summed E-state index contributed by atoms with van der Waals surface area (Å²) in [6.07, 6.45) is 1.35. The highest BCUT2D eigenvalue weighted by Crippen LogP contribution is 2.25. The number of anilines is 1. The van der Waals surface area contributed by atoms with Crippen molar-refractivity contribution in [3.8, 4) is 0 Å². The van der Waals surface area contributed by atoms with E-state index in [-0.39, 0.29) is 12.5 Å². The third-order valence-corrected chi connectivity index (χ3v) is 4.65. The molecule has 0 atom stereocenters. The Morgan fingerprint density at radius 3 is 2.62 bits per heavy atom. The molecule has 4 N–H and O–H groups in total. The first kappa shape index (κ1) is 20.5. The molecule has 0 aliphatic rings. The van der Waals surface area contributed by atoms with Gasteiger partial charge in [-0.1, -0.05) is 6.92 Å². The van der Waals surface area contributed by atoms with Crippen LogP contribution in [0.3, 0.4) is 0 Å². The molecule has 0 saturated carbocycles. The zero-order chi connectivity index (χ0) is 21.1. The Labute approximate surface area is 168 Å². The Morgan fingerprint density at radius 1 is 1.21 bits per heavy atom. The molecule has 29 heavy (non-hydrogen) atoms. The van der Waals surface area contributed by atoms with Gasteiger partial charge in [0.2, 0.25) is 11.9 Å². The molecule has 3 rings (SSSR count). The lowest BCUT2D eigenvalue weighted by molar-refractivity contribution is 0.0995. The van der Waals surface area contributed by atoms with E-state index in [4.69, 9.17) is 10.8 Å². The van der Waals surface area contributed by atoms with E-state index in [0.29, 0.717) is 42.2 Å². The van der Waals surface area contributed by atoms with Crippen LogP contribution in [0, 0.1) is 13.8 Å². The number of hydrogen-bond acceptors (Lipinski definition) is 5. The monoisotopic (exact) mass is 398 g/mol. The van der Waals surface area contributed by atoms with Gasteiger partial charge in [0.1, 0.15) is 5.69 Å². The van der Waals surface area contributed by atoms with Crippen LogP contribution in [-0.4, -0.2) is 42.9 Å². The fourth-order valence-corrected chi connectivity index (χ4v) is 3.44. The van der Waals surface area contributed by atoms with Gasteiger partial charge in [-0.15, -0.1) is 0 Å². The van der Waals surface area contributed by atoms with Gasteiger partial charge in [0, 0.05) is 25.3 Å². The SMILES string of the molecule is CCCn1c(NC(=O)c2cc(C)nn2CCCO)nc2cc(C(N)=O)cc(C)c21. The number of carbonyl (C=O) groups excluding carboxylic acids is 2. The molecule has 0 bridgehead atoms. The number of fused-ring (bicyclic) bond motifs is 1. The maximum Gasteiger partial charge on any atom is 0.276 e. The van der Waals surface area contributed by atoms with E-state index in [0.717, 1.165) is 23.2 Å². The number of nitrogens with one attached hydrogen (secondary N) is 1. The first-order chi connectivity index (χ1) is 13.8. The molecule has 0 aliphatic carbocycles. The number of nitrogens with two attached hydrogens (primary N) is 1. The number of benzene rings is 1. The number of amides is 2. The van der Waals surface area contributed by atoms with Crippen LogP contribution in [0.5, 0.6) is 0 Å². The van der Waals surface area contributed by atoms with Crippen molar-refractivity contribution in [3.63, 3.8) is 0 Å². The Morgan fingerprint density at radius 2 is 1.97 bits per heavy atom. The second-order valence-corrected chi connectivity index (χ2v) is 7.04. The standard InChI is InChI=1S/C20H26N6O3/c1-4-6-25-17-12(2)9-14(18(21)28)11-15(17)22-20(25)23-19(29)16-10-13(3)24-26(16)7-5-8-27/h9-11,27H,4-8H2,1-3H3,(H2,21,28)(H,22,23,29). The van der Waals surface area contributed by atoms with Gasteiger partial charge < -0.3 is 15.4 Å². The highest BCUT2D eigenvalue weighted by molar-refractivity contribution is 6.03. The maximum atomic E-state index is 12.9. The topological polar surface area (TPSA) is 128 Å². The molecule has 0 radical (unpaired) electrons. The fourth-order valence-electron chi connectivity index (χ4n) is 3.44. The number of rotatable bonds is 8. The predicted octanol–water partition coefficient (Wildman–Crippen LogP) is 1.99. The smallest absolute Gasteiger partial charge is 0.276 e. The van der Waals surface area contributed by atoms with E-state index < -0.39 is 5.91 Å². The molecule has 2 amide bonds. The summed E-state index contributed by atoms with van der Waals surface area (Å²) in [5.74, 6) is -0.443. The third-order valence-electron chi connectivity index (χ3n) is 4.65. The Balaban J connectivity index is 2.01. The van der Waals surface area contributed by atoms with Gasteiger partial charge in [-0.25, -0.2) is 4.98 Å². The van der Waals surface area contributed by atoms with Gasteiger partial charge >= 0.3 is 0 Å². The van der Waals surface area contributed by atoms with Crippen molar-refractivity contribution in [2.45, 2.75) is 46.7 Å². The predicted molar refractivity (Wildman–Crippen MR) is 110 cm³/mol.